The van der Waals surface area contributed by atoms with Crippen molar-refractivity contribution in [2.45, 2.75) is 33.2 Å². The van der Waals surface area contributed by atoms with Crippen molar-refractivity contribution in [3.8, 4) is 11.8 Å². The molecular weight excluding hydrogens is 176 g/mol. The van der Waals surface area contributed by atoms with Crippen LogP contribution in [0.4, 0.5) is 0 Å². The van der Waals surface area contributed by atoms with Crippen LogP contribution in [0.5, 0.6) is 0 Å². The molecule has 0 saturated heterocycles. The molecule has 0 unspecified atom stereocenters. The van der Waals surface area contributed by atoms with Crippen LogP contribution in [-0.2, 0) is 4.79 Å². The number of nitrogens with one attached hydrogen (secondary N) is 1. The molecule has 0 aromatic rings. The van der Waals surface area contributed by atoms with Crippen LogP contribution in [-0.4, -0.2) is 37.0 Å². The van der Waals surface area contributed by atoms with E-state index in [0.717, 1.165) is 13.0 Å². The Morgan fingerprint density at radius 2 is 2.14 bits per heavy atom. The quantitative estimate of drug-likeness (QED) is 0.522. The minimum absolute atomic E-state index is 0.129. The van der Waals surface area contributed by atoms with Gasteiger partial charge in [0.05, 0.1) is 6.54 Å². The zero-order valence-electron chi connectivity index (χ0n) is 9.55. The third-order valence-corrected chi connectivity index (χ3v) is 2.05. The Balaban J connectivity index is 3.57. The van der Waals surface area contributed by atoms with E-state index >= 15 is 0 Å². The number of carbonyl (C=O) groups is 1. The van der Waals surface area contributed by atoms with Gasteiger partial charge in [0.25, 0.3) is 0 Å². The number of carbonyl (C=O) groups excluding carboxylic acids is 1. The summed E-state index contributed by atoms with van der Waals surface area (Å²) in [6, 6.07) is 0.264. The van der Waals surface area contributed by atoms with Gasteiger partial charge in [-0.05, 0) is 20.8 Å². The van der Waals surface area contributed by atoms with Gasteiger partial charge in [-0.3, -0.25) is 4.79 Å². The number of amides is 1. The van der Waals surface area contributed by atoms with Crippen molar-refractivity contribution in [2.75, 3.05) is 20.1 Å². The number of rotatable bonds is 5. The first kappa shape index (κ1) is 13.0. The third kappa shape index (κ3) is 5.60. The summed E-state index contributed by atoms with van der Waals surface area (Å²) in [7, 11) is 1.82. The van der Waals surface area contributed by atoms with Crippen molar-refractivity contribution in [2.24, 2.45) is 0 Å². The molecule has 0 aliphatic carbocycles. The molecule has 0 fully saturated rings. The highest BCUT2D eigenvalue weighted by Gasteiger charge is 2.10. The van der Waals surface area contributed by atoms with Crippen molar-refractivity contribution >= 4 is 5.91 Å². The lowest BCUT2D eigenvalue weighted by atomic mass is 10.3. The average molecular weight is 196 g/mol. The molecule has 0 aliphatic heterocycles. The van der Waals surface area contributed by atoms with Crippen molar-refractivity contribution < 1.29 is 4.79 Å². The van der Waals surface area contributed by atoms with Crippen LogP contribution in [0.1, 0.15) is 27.2 Å². The summed E-state index contributed by atoms with van der Waals surface area (Å²) in [4.78, 5) is 13.2. The smallest absolute Gasteiger partial charge is 0.236 e. The maximum atomic E-state index is 11.4. The second kappa shape index (κ2) is 7.40. The van der Waals surface area contributed by atoms with Gasteiger partial charge in [0, 0.05) is 26.1 Å². The highest BCUT2D eigenvalue weighted by atomic mass is 16.2. The molecule has 14 heavy (non-hydrogen) atoms. The molecule has 1 amide bonds. The lowest BCUT2D eigenvalue weighted by molar-refractivity contribution is -0.130. The Labute approximate surface area is 86.9 Å². The molecule has 3 heteroatoms. The highest BCUT2D eigenvalue weighted by Crippen LogP contribution is 1.92. The molecule has 0 aromatic heterocycles. The Morgan fingerprint density at radius 1 is 1.50 bits per heavy atom. The van der Waals surface area contributed by atoms with Crippen molar-refractivity contribution in [3.05, 3.63) is 0 Å². The largest absolute Gasteiger partial charge is 0.342 e. The highest BCUT2D eigenvalue weighted by molar-refractivity contribution is 5.78. The summed E-state index contributed by atoms with van der Waals surface area (Å²) in [5.41, 5.74) is 0. The zero-order chi connectivity index (χ0) is 11.0. The molecule has 0 saturated carbocycles. The first-order chi connectivity index (χ1) is 6.59. The normalized spacial score (nSPS) is 9.50. The Hall–Kier alpha value is -1.01. The van der Waals surface area contributed by atoms with E-state index in [-0.39, 0.29) is 11.9 Å². The summed E-state index contributed by atoms with van der Waals surface area (Å²) >= 11 is 0. The molecule has 80 valence electrons. The minimum atomic E-state index is 0.129. The molecule has 0 aliphatic rings. The Morgan fingerprint density at radius 3 is 2.64 bits per heavy atom. The van der Waals surface area contributed by atoms with Crippen molar-refractivity contribution in [1.29, 1.82) is 0 Å². The van der Waals surface area contributed by atoms with Crippen LogP contribution >= 0.6 is 0 Å². The second-order valence-corrected chi connectivity index (χ2v) is 3.45. The van der Waals surface area contributed by atoms with Gasteiger partial charge in [-0.2, -0.15) is 0 Å². The van der Waals surface area contributed by atoms with E-state index < -0.39 is 0 Å². The molecule has 0 bridgehead atoms. The van der Waals surface area contributed by atoms with Crippen molar-refractivity contribution in [1.82, 2.24) is 10.2 Å². The molecule has 0 rings (SSSR count). The van der Waals surface area contributed by atoms with Crippen LogP contribution in [0.2, 0.25) is 0 Å². The van der Waals surface area contributed by atoms with Crippen LogP contribution in [0, 0.1) is 11.8 Å². The summed E-state index contributed by atoms with van der Waals surface area (Å²) < 4.78 is 0. The third-order valence-electron chi connectivity index (χ3n) is 2.05. The summed E-state index contributed by atoms with van der Waals surface area (Å²) in [6.07, 6.45) is 0.801. The predicted octanol–water partition coefficient (Wildman–Crippen LogP) is 0.856. The van der Waals surface area contributed by atoms with Gasteiger partial charge >= 0.3 is 0 Å². The molecule has 0 atom stereocenters. The molecule has 0 heterocycles. The fourth-order valence-corrected chi connectivity index (χ4v) is 0.884. The maximum Gasteiger partial charge on any atom is 0.236 e. The molecular formula is C11H20N2O. The number of hydrogen-bond acceptors (Lipinski definition) is 2. The summed E-state index contributed by atoms with van der Waals surface area (Å²) in [5.74, 6) is 5.88. The van der Waals surface area contributed by atoms with Gasteiger partial charge < -0.3 is 10.2 Å². The lowest BCUT2D eigenvalue weighted by Gasteiger charge is -2.21. The Bertz CT molecular complexity index is 225. The standard InChI is InChI=1S/C11H20N2O/c1-5-6-7-8-12-9-11(14)13(4)10(2)3/h10,12H,7-9H2,1-4H3. The summed E-state index contributed by atoms with van der Waals surface area (Å²) in [5, 5.41) is 3.06. The molecule has 0 spiro atoms. The van der Waals surface area contributed by atoms with E-state index in [1.807, 2.05) is 27.8 Å². The van der Waals surface area contributed by atoms with Crippen LogP contribution in [0.3, 0.4) is 0 Å². The monoisotopic (exact) mass is 196 g/mol. The lowest BCUT2D eigenvalue weighted by Crippen LogP contribution is -2.39. The molecule has 3 nitrogen and oxygen atoms in total. The maximum absolute atomic E-state index is 11.4. The van der Waals surface area contributed by atoms with Crippen LogP contribution in [0.25, 0.3) is 0 Å². The van der Waals surface area contributed by atoms with Crippen LogP contribution < -0.4 is 5.32 Å². The second-order valence-electron chi connectivity index (χ2n) is 3.45. The zero-order valence-corrected chi connectivity index (χ0v) is 9.55. The average Bonchev–Trinajstić information content (AvgIpc) is 2.16. The fraction of sp³-hybridized carbons (Fsp3) is 0.727. The topological polar surface area (TPSA) is 32.3 Å². The van der Waals surface area contributed by atoms with Gasteiger partial charge in [-0.15, -0.1) is 11.8 Å². The minimum Gasteiger partial charge on any atom is -0.342 e. The summed E-state index contributed by atoms with van der Waals surface area (Å²) in [6.45, 7) is 7.00. The first-order valence-electron chi connectivity index (χ1n) is 4.95. The van der Waals surface area contributed by atoms with Crippen molar-refractivity contribution in [3.63, 3.8) is 0 Å². The molecule has 0 radical (unpaired) electrons. The fourth-order valence-electron chi connectivity index (χ4n) is 0.884. The van der Waals surface area contributed by atoms with Gasteiger partial charge in [0.15, 0.2) is 0 Å². The van der Waals surface area contributed by atoms with Gasteiger partial charge in [-0.1, -0.05) is 0 Å². The van der Waals surface area contributed by atoms with E-state index in [1.165, 1.54) is 0 Å². The molecule has 0 aromatic carbocycles. The van der Waals surface area contributed by atoms with E-state index in [4.69, 9.17) is 0 Å². The van der Waals surface area contributed by atoms with E-state index in [1.54, 1.807) is 4.90 Å². The van der Waals surface area contributed by atoms with Crippen LogP contribution in [0.15, 0.2) is 0 Å². The van der Waals surface area contributed by atoms with E-state index in [2.05, 4.69) is 17.2 Å². The van der Waals surface area contributed by atoms with E-state index in [9.17, 15) is 4.79 Å². The number of likely N-dealkylation sites (N-methyl/N-ethyl adjacent to an activating group) is 1. The molecule has 1 N–H and O–H groups in total. The first-order valence-corrected chi connectivity index (χ1v) is 4.95. The van der Waals surface area contributed by atoms with Gasteiger partial charge in [0.2, 0.25) is 5.91 Å². The number of hydrogen-bond donors (Lipinski definition) is 1. The van der Waals surface area contributed by atoms with Gasteiger partial charge in [-0.25, -0.2) is 0 Å². The Kier molecular flexibility index (Phi) is 6.87. The SMILES string of the molecule is CC#CCCNCC(=O)N(C)C(C)C. The number of nitrogens with zero attached hydrogens (tertiary/aromatic N) is 1. The van der Waals surface area contributed by atoms with E-state index in [0.29, 0.717) is 6.54 Å². The predicted molar refractivity (Wildman–Crippen MR) is 58.8 cm³/mol. The van der Waals surface area contributed by atoms with Gasteiger partial charge in [0.1, 0.15) is 0 Å².